The molecule has 0 bridgehead atoms. The maximum absolute atomic E-state index is 12.8. The predicted octanol–water partition coefficient (Wildman–Crippen LogP) is 8.97. The van der Waals surface area contributed by atoms with E-state index in [-0.39, 0.29) is 12.2 Å². The highest BCUT2D eigenvalue weighted by molar-refractivity contribution is 9.11. The van der Waals surface area contributed by atoms with E-state index in [1.165, 1.54) is 18.4 Å². The van der Waals surface area contributed by atoms with Crippen LogP contribution in [0.25, 0.3) is 16.0 Å². The molecule has 1 aliphatic rings. The number of hydrogen-bond donors (Lipinski definition) is 0. The minimum atomic E-state index is -0.542. The SMILES string of the molecule is COC(=O)c1sc(-n2cnc3cc(Br)c(OC4CCN(C(=O)OC(C)(C)C)CC4)c(Br)c32)cc1O[C@H](C)c1ccccc1Cl. The molecule has 0 N–H and O–H groups in total. The molecule has 44 heavy (non-hydrogen) atoms. The summed E-state index contributed by atoms with van der Waals surface area (Å²) in [7, 11) is 1.34. The molecule has 2 aromatic carbocycles. The molecule has 0 radical (unpaired) electrons. The molecule has 2 aromatic heterocycles. The van der Waals surface area contributed by atoms with Gasteiger partial charge in [0.2, 0.25) is 0 Å². The van der Waals surface area contributed by atoms with E-state index in [4.69, 9.17) is 30.5 Å². The number of carbonyl (C=O) groups excluding carboxylic acids is 2. The third kappa shape index (κ3) is 7.03. The van der Waals surface area contributed by atoms with Crippen LogP contribution in [0.3, 0.4) is 0 Å². The highest BCUT2D eigenvalue weighted by Gasteiger charge is 2.29. The number of amides is 1. The Labute approximate surface area is 281 Å². The Morgan fingerprint density at radius 1 is 1.14 bits per heavy atom. The van der Waals surface area contributed by atoms with Gasteiger partial charge in [-0.3, -0.25) is 4.57 Å². The van der Waals surface area contributed by atoms with Crippen LogP contribution >= 0.6 is 54.8 Å². The van der Waals surface area contributed by atoms with E-state index in [0.717, 1.165) is 21.1 Å². The highest BCUT2D eigenvalue weighted by atomic mass is 79.9. The number of imidazole rings is 1. The molecule has 5 rings (SSSR count). The van der Waals surface area contributed by atoms with Crippen molar-refractivity contribution in [3.63, 3.8) is 0 Å². The van der Waals surface area contributed by atoms with E-state index in [1.807, 2.05) is 56.5 Å². The fraction of sp³-hybridized carbons (Fsp3) is 0.387. The largest absolute Gasteiger partial charge is 0.488 e. The van der Waals surface area contributed by atoms with E-state index >= 15 is 0 Å². The maximum Gasteiger partial charge on any atom is 0.410 e. The molecule has 1 amide bonds. The topological polar surface area (TPSA) is 92.1 Å². The third-order valence-corrected chi connectivity index (χ3v) is 9.77. The Morgan fingerprint density at radius 2 is 1.84 bits per heavy atom. The lowest BCUT2D eigenvalue weighted by Gasteiger charge is -2.33. The number of benzene rings is 2. The van der Waals surface area contributed by atoms with Crippen molar-refractivity contribution in [1.29, 1.82) is 0 Å². The van der Waals surface area contributed by atoms with Gasteiger partial charge in [-0.05, 0) is 71.7 Å². The van der Waals surface area contributed by atoms with Gasteiger partial charge in [-0.15, -0.1) is 11.3 Å². The zero-order chi connectivity index (χ0) is 31.8. The second-order valence-electron chi connectivity index (χ2n) is 11.3. The van der Waals surface area contributed by atoms with Crippen molar-refractivity contribution in [2.24, 2.45) is 0 Å². The quantitative estimate of drug-likeness (QED) is 0.173. The maximum atomic E-state index is 12.8. The molecule has 0 aliphatic carbocycles. The van der Waals surface area contributed by atoms with Gasteiger partial charge >= 0.3 is 12.1 Å². The minimum Gasteiger partial charge on any atom is -0.488 e. The first-order chi connectivity index (χ1) is 20.9. The van der Waals surface area contributed by atoms with Crippen LogP contribution in [0.5, 0.6) is 11.5 Å². The Bertz CT molecular complexity index is 1690. The van der Waals surface area contributed by atoms with Gasteiger partial charge < -0.3 is 23.8 Å². The second kappa shape index (κ2) is 13.3. The zero-order valence-electron chi connectivity index (χ0n) is 24.9. The summed E-state index contributed by atoms with van der Waals surface area (Å²) in [5, 5.41) is 1.28. The van der Waals surface area contributed by atoms with Gasteiger partial charge in [-0.1, -0.05) is 29.8 Å². The summed E-state index contributed by atoms with van der Waals surface area (Å²) >= 11 is 15.1. The van der Waals surface area contributed by atoms with Crippen molar-refractivity contribution < 1.29 is 28.5 Å². The molecule has 1 fully saturated rings. The summed E-state index contributed by atoms with van der Waals surface area (Å²) < 4.78 is 26.7. The number of piperidine rings is 1. The molecule has 1 aliphatic heterocycles. The van der Waals surface area contributed by atoms with Gasteiger partial charge in [0, 0.05) is 42.6 Å². The summed E-state index contributed by atoms with van der Waals surface area (Å²) in [6, 6.07) is 11.1. The average molecular weight is 770 g/mol. The Hall–Kier alpha value is -2.80. The number of halogens is 3. The first kappa shape index (κ1) is 32.6. The van der Waals surface area contributed by atoms with Gasteiger partial charge in [0.05, 0.1) is 27.1 Å². The number of rotatable bonds is 7. The van der Waals surface area contributed by atoms with E-state index in [9.17, 15) is 9.59 Å². The molecule has 4 aromatic rings. The van der Waals surface area contributed by atoms with Gasteiger partial charge in [0.25, 0.3) is 0 Å². The normalized spacial score (nSPS) is 14.9. The van der Waals surface area contributed by atoms with Gasteiger partial charge in [-0.2, -0.15) is 0 Å². The second-order valence-corrected chi connectivity index (χ2v) is 14.4. The molecule has 0 unspecified atom stereocenters. The van der Waals surface area contributed by atoms with Crippen molar-refractivity contribution in [1.82, 2.24) is 14.5 Å². The highest BCUT2D eigenvalue weighted by Crippen LogP contribution is 2.43. The van der Waals surface area contributed by atoms with Crippen molar-refractivity contribution in [3.8, 4) is 16.5 Å². The standard InChI is InChI=1S/C31H32Br2ClN3O6S/c1-17(19-8-6-7-9-21(19)34)41-23-15-24(44-28(23)29(38)40-5)37-16-35-22-14-20(32)27(25(33)26(22)37)42-18-10-12-36(13-11-18)30(39)43-31(2,3)4/h6-9,14-18H,10-13H2,1-5H3/t17-/m1/s1. The van der Waals surface area contributed by atoms with E-state index < -0.39 is 17.7 Å². The van der Waals surface area contributed by atoms with Crippen LogP contribution < -0.4 is 9.47 Å². The van der Waals surface area contributed by atoms with E-state index in [1.54, 1.807) is 23.4 Å². The van der Waals surface area contributed by atoms with E-state index in [2.05, 4.69) is 36.8 Å². The van der Waals surface area contributed by atoms with Crippen LogP contribution in [0.4, 0.5) is 4.79 Å². The lowest BCUT2D eigenvalue weighted by atomic mass is 10.1. The smallest absolute Gasteiger partial charge is 0.410 e. The van der Waals surface area contributed by atoms with Crippen molar-refractivity contribution >= 4 is 77.9 Å². The molecule has 9 nitrogen and oxygen atoms in total. The molecule has 1 atom stereocenters. The summed E-state index contributed by atoms with van der Waals surface area (Å²) in [4.78, 5) is 31.9. The monoisotopic (exact) mass is 767 g/mol. The lowest BCUT2D eigenvalue weighted by Crippen LogP contribution is -2.44. The number of aromatic nitrogens is 2. The molecule has 1 saturated heterocycles. The zero-order valence-corrected chi connectivity index (χ0v) is 29.6. The number of ether oxygens (including phenoxy) is 4. The number of thiophene rings is 1. The Morgan fingerprint density at radius 3 is 2.50 bits per heavy atom. The molecule has 0 spiro atoms. The number of esters is 1. The molecule has 13 heteroatoms. The Kier molecular flexibility index (Phi) is 9.84. The Balaban J connectivity index is 1.41. The average Bonchev–Trinajstić information content (AvgIpc) is 3.58. The number of likely N-dealkylation sites (tertiary alicyclic amines) is 1. The third-order valence-electron chi connectivity index (χ3n) is 7.00. The van der Waals surface area contributed by atoms with Crippen LogP contribution in [0.2, 0.25) is 5.02 Å². The summed E-state index contributed by atoms with van der Waals surface area (Å²) in [6.45, 7) is 8.53. The van der Waals surface area contributed by atoms with Gasteiger partial charge in [-0.25, -0.2) is 14.6 Å². The fourth-order valence-electron chi connectivity index (χ4n) is 4.87. The van der Waals surface area contributed by atoms with Gasteiger partial charge in [0.1, 0.15) is 40.6 Å². The predicted molar refractivity (Wildman–Crippen MR) is 178 cm³/mol. The van der Waals surface area contributed by atoms with E-state index in [0.29, 0.717) is 56.8 Å². The van der Waals surface area contributed by atoms with Crippen molar-refractivity contribution in [2.45, 2.75) is 58.3 Å². The number of methoxy groups -OCH3 is 1. The van der Waals surface area contributed by atoms with Crippen molar-refractivity contribution in [2.75, 3.05) is 20.2 Å². The van der Waals surface area contributed by atoms with Crippen LogP contribution in [-0.2, 0) is 9.47 Å². The molecular formula is C31H32Br2ClN3O6S. The van der Waals surface area contributed by atoms with Crippen molar-refractivity contribution in [3.05, 3.63) is 67.1 Å². The lowest BCUT2D eigenvalue weighted by molar-refractivity contribution is 0.0125. The fourth-order valence-corrected chi connectivity index (χ4v) is 7.62. The minimum absolute atomic E-state index is 0.103. The summed E-state index contributed by atoms with van der Waals surface area (Å²) in [6.07, 6.45) is 2.18. The van der Waals surface area contributed by atoms with Crippen LogP contribution in [0, 0.1) is 0 Å². The van der Waals surface area contributed by atoms with Crippen LogP contribution in [0.15, 0.2) is 51.7 Å². The number of hydrogen-bond acceptors (Lipinski definition) is 8. The molecule has 0 saturated carbocycles. The summed E-state index contributed by atoms with van der Waals surface area (Å²) in [5.41, 5.74) is 1.74. The number of fused-ring (bicyclic) bond motifs is 1. The van der Waals surface area contributed by atoms with Crippen LogP contribution in [0.1, 0.15) is 61.9 Å². The first-order valence-corrected chi connectivity index (χ1v) is 16.8. The van der Waals surface area contributed by atoms with Gasteiger partial charge in [0.15, 0.2) is 4.88 Å². The number of carbonyl (C=O) groups is 2. The molecule has 234 valence electrons. The number of nitrogens with zero attached hydrogens (tertiary/aromatic N) is 3. The van der Waals surface area contributed by atoms with Crippen LogP contribution in [-0.4, -0.2) is 58.4 Å². The molecule has 3 heterocycles. The summed E-state index contributed by atoms with van der Waals surface area (Å²) in [5.74, 6) is 0.506. The molecular weight excluding hydrogens is 738 g/mol. The first-order valence-electron chi connectivity index (χ1n) is 14.0.